The fourth-order valence-corrected chi connectivity index (χ4v) is 3.64. The van der Waals surface area contributed by atoms with E-state index in [4.69, 9.17) is 0 Å². The number of H-pyrrole nitrogens is 1. The van der Waals surface area contributed by atoms with Crippen molar-refractivity contribution in [2.45, 2.75) is 44.0 Å². The Balaban J connectivity index is 1.61. The molecule has 1 aromatic heterocycles. The number of nitrogens with zero attached hydrogens (tertiary/aromatic N) is 3. The summed E-state index contributed by atoms with van der Waals surface area (Å²) in [5.74, 6) is 1.65. The number of piperidine rings is 1. The molecule has 0 aliphatic carbocycles. The highest BCUT2D eigenvalue weighted by Crippen LogP contribution is 2.25. The first-order chi connectivity index (χ1) is 11.5. The number of hydrogen-bond donors (Lipinski definition) is 1. The number of hydrogen-bond acceptors (Lipinski definition) is 4. The van der Waals surface area contributed by atoms with Crippen molar-refractivity contribution in [1.82, 2.24) is 20.1 Å². The van der Waals surface area contributed by atoms with Crippen molar-refractivity contribution in [3.63, 3.8) is 0 Å². The van der Waals surface area contributed by atoms with E-state index in [0.717, 1.165) is 43.2 Å². The van der Waals surface area contributed by atoms with E-state index in [-0.39, 0.29) is 11.2 Å². The van der Waals surface area contributed by atoms with Gasteiger partial charge in [0.1, 0.15) is 0 Å². The summed E-state index contributed by atoms with van der Waals surface area (Å²) in [4.78, 5) is 19.1. The second-order valence-corrected chi connectivity index (χ2v) is 7.91. The van der Waals surface area contributed by atoms with Gasteiger partial charge >= 0.3 is 0 Å². The van der Waals surface area contributed by atoms with Crippen molar-refractivity contribution >= 4 is 17.7 Å². The smallest absolute Gasteiger partial charge is 0.235 e. The van der Waals surface area contributed by atoms with Crippen molar-refractivity contribution in [2.75, 3.05) is 13.1 Å². The lowest BCUT2D eigenvalue weighted by Gasteiger charge is -2.31. The molecule has 0 bridgehead atoms. The summed E-state index contributed by atoms with van der Waals surface area (Å²) >= 11 is 1.42. The van der Waals surface area contributed by atoms with Gasteiger partial charge in [-0.15, -0.1) is 5.10 Å². The minimum atomic E-state index is -0.167. The lowest BCUT2D eigenvalue weighted by Crippen LogP contribution is -2.41. The second-order valence-electron chi connectivity index (χ2n) is 6.60. The molecule has 2 heterocycles. The minimum absolute atomic E-state index is 0.167. The Kier molecular flexibility index (Phi) is 5.23. The summed E-state index contributed by atoms with van der Waals surface area (Å²) in [6.07, 6.45) is 2.20. The Morgan fingerprint density at radius 3 is 2.62 bits per heavy atom. The van der Waals surface area contributed by atoms with Crippen LogP contribution in [0.3, 0.4) is 0 Å². The lowest BCUT2D eigenvalue weighted by atomic mass is 9.99. The first-order valence-electron chi connectivity index (χ1n) is 8.48. The molecule has 5 nitrogen and oxygen atoms in total. The number of aromatic nitrogens is 3. The Morgan fingerprint density at radius 1 is 1.29 bits per heavy atom. The summed E-state index contributed by atoms with van der Waals surface area (Å²) in [6, 6.07) is 8.14. The zero-order chi connectivity index (χ0) is 17.1. The third kappa shape index (κ3) is 3.98. The zero-order valence-corrected chi connectivity index (χ0v) is 15.3. The molecular weight excluding hydrogens is 320 g/mol. The number of aromatic amines is 1. The van der Waals surface area contributed by atoms with Gasteiger partial charge in [-0.2, -0.15) is 0 Å². The molecule has 1 saturated heterocycles. The van der Waals surface area contributed by atoms with Crippen LogP contribution in [0.2, 0.25) is 0 Å². The summed E-state index contributed by atoms with van der Waals surface area (Å²) in [5.41, 5.74) is 2.21. The molecular formula is C18H24N4OS. The van der Waals surface area contributed by atoms with Gasteiger partial charge in [0.25, 0.3) is 0 Å². The number of nitrogens with one attached hydrogen (secondary N) is 1. The highest BCUT2D eigenvalue weighted by Gasteiger charge is 2.26. The van der Waals surface area contributed by atoms with E-state index in [9.17, 15) is 4.79 Å². The fraction of sp³-hybridized carbons (Fsp3) is 0.500. The van der Waals surface area contributed by atoms with Gasteiger partial charge in [0.05, 0.1) is 5.25 Å². The molecule has 0 saturated carbocycles. The van der Waals surface area contributed by atoms with Crippen LogP contribution < -0.4 is 0 Å². The molecule has 1 aliphatic heterocycles. The summed E-state index contributed by atoms with van der Waals surface area (Å²) in [5, 5.41) is 7.67. The Labute approximate surface area is 147 Å². The number of likely N-dealkylation sites (tertiary alicyclic amines) is 1. The van der Waals surface area contributed by atoms with Crippen molar-refractivity contribution in [3.8, 4) is 11.4 Å². The van der Waals surface area contributed by atoms with E-state index in [0.29, 0.717) is 5.16 Å². The first-order valence-corrected chi connectivity index (χ1v) is 9.36. The van der Waals surface area contributed by atoms with Crippen LogP contribution in [0.25, 0.3) is 11.4 Å². The molecule has 0 spiro atoms. The van der Waals surface area contributed by atoms with Crippen LogP contribution in [-0.4, -0.2) is 44.3 Å². The fourth-order valence-electron chi connectivity index (χ4n) is 2.83. The van der Waals surface area contributed by atoms with E-state index >= 15 is 0 Å². The molecule has 1 N–H and O–H groups in total. The van der Waals surface area contributed by atoms with Crippen molar-refractivity contribution in [3.05, 3.63) is 29.8 Å². The molecule has 1 atom stereocenters. The quantitative estimate of drug-likeness (QED) is 0.862. The van der Waals surface area contributed by atoms with Crippen molar-refractivity contribution in [2.24, 2.45) is 5.92 Å². The van der Waals surface area contributed by atoms with Crippen LogP contribution in [0, 0.1) is 12.8 Å². The van der Waals surface area contributed by atoms with Gasteiger partial charge in [-0.3, -0.25) is 9.89 Å². The predicted molar refractivity (Wildman–Crippen MR) is 96.9 cm³/mol. The molecule has 128 valence electrons. The lowest BCUT2D eigenvalue weighted by molar-refractivity contribution is -0.131. The van der Waals surface area contributed by atoms with Crippen molar-refractivity contribution < 1.29 is 4.79 Å². The highest BCUT2D eigenvalue weighted by atomic mass is 32.2. The van der Waals surface area contributed by atoms with E-state index in [2.05, 4.69) is 29.0 Å². The van der Waals surface area contributed by atoms with E-state index in [1.54, 1.807) is 0 Å². The van der Waals surface area contributed by atoms with Crippen LogP contribution in [0.15, 0.2) is 29.4 Å². The minimum Gasteiger partial charge on any atom is -0.342 e. The second kappa shape index (κ2) is 7.38. The molecule has 6 heteroatoms. The van der Waals surface area contributed by atoms with Crippen LogP contribution in [0.1, 0.15) is 32.3 Å². The molecule has 1 unspecified atom stereocenters. The Bertz CT molecular complexity index is 689. The number of aryl methyl sites for hydroxylation is 1. The summed E-state index contributed by atoms with van der Waals surface area (Å²) in [6.45, 7) is 7.98. The normalized spacial score (nSPS) is 17.0. The summed E-state index contributed by atoms with van der Waals surface area (Å²) in [7, 11) is 0. The average molecular weight is 344 g/mol. The van der Waals surface area contributed by atoms with Gasteiger partial charge < -0.3 is 4.90 Å². The van der Waals surface area contributed by atoms with Crippen molar-refractivity contribution in [1.29, 1.82) is 0 Å². The standard InChI is InChI=1S/C18H24N4OS/c1-12-4-6-15(7-5-12)16-19-18(21-20-16)24-14(3)17(23)22-10-8-13(2)9-11-22/h4-7,13-14H,8-11H2,1-3H3,(H,19,20,21). The summed E-state index contributed by atoms with van der Waals surface area (Å²) < 4.78 is 0. The predicted octanol–water partition coefficient (Wildman–Crippen LogP) is 3.52. The molecule has 1 aliphatic rings. The van der Waals surface area contributed by atoms with Crippen LogP contribution >= 0.6 is 11.8 Å². The maximum atomic E-state index is 12.6. The molecule has 24 heavy (non-hydrogen) atoms. The van der Waals surface area contributed by atoms with Gasteiger partial charge in [-0.05, 0) is 32.6 Å². The van der Waals surface area contributed by atoms with Gasteiger partial charge in [-0.1, -0.05) is 48.5 Å². The third-order valence-corrected chi connectivity index (χ3v) is 5.46. The molecule has 2 aromatic rings. The zero-order valence-electron chi connectivity index (χ0n) is 14.5. The van der Waals surface area contributed by atoms with Gasteiger partial charge in [0, 0.05) is 18.7 Å². The van der Waals surface area contributed by atoms with E-state index in [1.807, 2.05) is 36.1 Å². The van der Waals surface area contributed by atoms with Gasteiger partial charge in [0.2, 0.25) is 11.1 Å². The van der Waals surface area contributed by atoms with Crippen LogP contribution in [0.4, 0.5) is 0 Å². The monoisotopic (exact) mass is 344 g/mol. The molecule has 1 amide bonds. The number of carbonyl (C=O) groups excluding carboxylic acids is 1. The number of rotatable bonds is 4. The van der Waals surface area contributed by atoms with Gasteiger partial charge in [-0.25, -0.2) is 4.98 Å². The number of carbonyl (C=O) groups is 1. The number of thioether (sulfide) groups is 1. The van der Waals surface area contributed by atoms with E-state index in [1.165, 1.54) is 17.3 Å². The first kappa shape index (κ1) is 17.0. The molecule has 0 radical (unpaired) electrons. The Morgan fingerprint density at radius 2 is 1.96 bits per heavy atom. The number of benzene rings is 1. The maximum absolute atomic E-state index is 12.6. The van der Waals surface area contributed by atoms with Crippen LogP contribution in [-0.2, 0) is 4.79 Å². The molecule has 1 aromatic carbocycles. The molecule has 3 rings (SSSR count). The molecule has 1 fully saturated rings. The topological polar surface area (TPSA) is 61.9 Å². The van der Waals surface area contributed by atoms with Crippen LogP contribution in [0.5, 0.6) is 0 Å². The average Bonchev–Trinajstić information content (AvgIpc) is 3.04. The number of amides is 1. The largest absolute Gasteiger partial charge is 0.342 e. The third-order valence-electron chi connectivity index (χ3n) is 4.52. The Hall–Kier alpha value is -1.82. The maximum Gasteiger partial charge on any atom is 0.235 e. The van der Waals surface area contributed by atoms with E-state index < -0.39 is 0 Å². The highest BCUT2D eigenvalue weighted by molar-refractivity contribution is 8.00. The van der Waals surface area contributed by atoms with Gasteiger partial charge in [0.15, 0.2) is 5.82 Å². The SMILES string of the molecule is Cc1ccc(-c2nc(SC(C)C(=O)N3CCC(C)CC3)n[nH]2)cc1.